The molecule has 0 aliphatic rings. The van der Waals surface area contributed by atoms with Gasteiger partial charge in [-0.3, -0.25) is 0 Å². The van der Waals surface area contributed by atoms with Gasteiger partial charge in [0.15, 0.2) is 0 Å². The Morgan fingerprint density at radius 2 is 1.80 bits per heavy atom. The van der Waals surface area contributed by atoms with Crippen LogP contribution >= 0.6 is 0 Å². The molecular weight excluding hydrogens is 184 g/mol. The molecule has 0 heterocycles. The van der Waals surface area contributed by atoms with Gasteiger partial charge >= 0.3 is 0 Å². The Morgan fingerprint density at radius 1 is 1.27 bits per heavy atom. The van der Waals surface area contributed by atoms with Gasteiger partial charge in [-0.15, -0.1) is 0 Å². The number of hydrogen-bond donors (Lipinski definition) is 1. The summed E-state index contributed by atoms with van der Waals surface area (Å²) in [5.74, 6) is 0.595. The second-order valence-corrected chi connectivity index (χ2v) is 5.36. The Hall–Kier alpha value is -0.560. The largest absolute Gasteiger partial charge is 0.389 e. The molecular formula is C14H26O. The third-order valence-corrected chi connectivity index (χ3v) is 2.53. The molecule has 2 atom stereocenters. The first-order chi connectivity index (χ1) is 6.77. The van der Waals surface area contributed by atoms with Crippen molar-refractivity contribution >= 4 is 0 Å². The Labute approximate surface area is 94.9 Å². The van der Waals surface area contributed by atoms with Crippen LogP contribution in [0.2, 0.25) is 0 Å². The quantitative estimate of drug-likeness (QED) is 0.697. The van der Waals surface area contributed by atoms with Crippen molar-refractivity contribution in [3.63, 3.8) is 0 Å². The summed E-state index contributed by atoms with van der Waals surface area (Å²) >= 11 is 0. The van der Waals surface area contributed by atoms with Crippen LogP contribution in [0.3, 0.4) is 0 Å². The van der Waals surface area contributed by atoms with Gasteiger partial charge in [-0.05, 0) is 23.8 Å². The molecule has 0 aromatic carbocycles. The van der Waals surface area contributed by atoms with Crippen molar-refractivity contribution in [1.82, 2.24) is 0 Å². The maximum absolute atomic E-state index is 9.24. The fourth-order valence-electron chi connectivity index (χ4n) is 1.22. The lowest BCUT2D eigenvalue weighted by molar-refractivity contribution is 0.244. The highest BCUT2D eigenvalue weighted by atomic mass is 16.3. The fourth-order valence-corrected chi connectivity index (χ4v) is 1.22. The Bertz CT molecular complexity index is 228. The zero-order valence-corrected chi connectivity index (χ0v) is 11.0. The third kappa shape index (κ3) is 6.51. The van der Waals surface area contributed by atoms with E-state index in [4.69, 9.17) is 0 Å². The molecule has 0 radical (unpaired) electrons. The summed E-state index contributed by atoms with van der Waals surface area (Å²) in [6.45, 7) is 12.8. The van der Waals surface area contributed by atoms with E-state index in [1.807, 2.05) is 6.08 Å². The van der Waals surface area contributed by atoms with E-state index in [9.17, 15) is 5.11 Å². The molecule has 0 bridgehead atoms. The van der Waals surface area contributed by atoms with Crippen LogP contribution in [-0.2, 0) is 0 Å². The predicted octanol–water partition coefficient (Wildman–Crippen LogP) is 3.94. The number of aliphatic hydroxyl groups is 1. The van der Waals surface area contributed by atoms with Gasteiger partial charge in [0, 0.05) is 0 Å². The SMILES string of the molecule is CCC(C)C=C(C=CC(C)O)C(C)(C)C. The lowest BCUT2D eigenvalue weighted by atomic mass is 9.84. The topological polar surface area (TPSA) is 20.2 Å². The van der Waals surface area contributed by atoms with E-state index < -0.39 is 0 Å². The lowest BCUT2D eigenvalue weighted by Crippen LogP contribution is -2.09. The van der Waals surface area contributed by atoms with Gasteiger partial charge in [-0.1, -0.05) is 59.3 Å². The first-order valence-electron chi connectivity index (χ1n) is 5.86. The van der Waals surface area contributed by atoms with Crippen molar-refractivity contribution in [2.24, 2.45) is 11.3 Å². The molecule has 0 aliphatic heterocycles. The second kappa shape index (κ2) is 6.12. The molecule has 0 aromatic heterocycles. The van der Waals surface area contributed by atoms with Crippen molar-refractivity contribution in [2.75, 3.05) is 0 Å². The molecule has 0 amide bonds. The van der Waals surface area contributed by atoms with Crippen molar-refractivity contribution in [3.05, 3.63) is 23.8 Å². The van der Waals surface area contributed by atoms with Crippen LogP contribution in [0.15, 0.2) is 23.8 Å². The van der Waals surface area contributed by atoms with E-state index in [-0.39, 0.29) is 11.5 Å². The number of rotatable bonds is 4. The van der Waals surface area contributed by atoms with E-state index in [0.717, 1.165) is 6.42 Å². The first-order valence-corrected chi connectivity index (χ1v) is 5.86. The molecule has 1 heteroatoms. The number of hydrogen-bond acceptors (Lipinski definition) is 1. The van der Waals surface area contributed by atoms with Crippen LogP contribution in [0.1, 0.15) is 48.0 Å². The molecule has 0 fully saturated rings. The number of allylic oxidation sites excluding steroid dienone is 3. The normalized spacial score (nSPS) is 18.2. The van der Waals surface area contributed by atoms with Crippen LogP contribution in [0.5, 0.6) is 0 Å². The maximum atomic E-state index is 9.24. The Morgan fingerprint density at radius 3 is 2.13 bits per heavy atom. The summed E-state index contributed by atoms with van der Waals surface area (Å²) in [5, 5.41) is 9.24. The number of aliphatic hydroxyl groups excluding tert-OH is 1. The molecule has 0 saturated carbocycles. The van der Waals surface area contributed by atoms with E-state index >= 15 is 0 Å². The summed E-state index contributed by atoms with van der Waals surface area (Å²) in [6, 6.07) is 0. The molecule has 15 heavy (non-hydrogen) atoms. The van der Waals surface area contributed by atoms with E-state index in [2.05, 4.69) is 46.8 Å². The minimum Gasteiger partial charge on any atom is -0.389 e. The molecule has 88 valence electrons. The molecule has 0 aliphatic carbocycles. The van der Waals surface area contributed by atoms with Crippen LogP contribution in [0.25, 0.3) is 0 Å². The summed E-state index contributed by atoms with van der Waals surface area (Å²) in [4.78, 5) is 0. The van der Waals surface area contributed by atoms with E-state index in [0.29, 0.717) is 5.92 Å². The molecule has 0 aromatic rings. The minimum atomic E-state index is -0.368. The average molecular weight is 210 g/mol. The molecule has 2 unspecified atom stereocenters. The van der Waals surface area contributed by atoms with Gasteiger partial charge in [0.25, 0.3) is 0 Å². The summed E-state index contributed by atoms with van der Waals surface area (Å²) in [6.07, 6.45) is 6.99. The van der Waals surface area contributed by atoms with Crippen LogP contribution in [0, 0.1) is 11.3 Å². The summed E-state index contributed by atoms with van der Waals surface area (Å²) < 4.78 is 0. The van der Waals surface area contributed by atoms with Crippen LogP contribution < -0.4 is 0 Å². The smallest absolute Gasteiger partial charge is 0.0695 e. The standard InChI is InChI=1S/C14H26O/c1-7-11(2)10-13(14(4,5)6)9-8-12(3)15/h8-12,15H,7H2,1-6H3. The lowest BCUT2D eigenvalue weighted by Gasteiger charge is -2.22. The Kier molecular flexibility index (Phi) is 5.89. The predicted molar refractivity (Wildman–Crippen MR) is 67.8 cm³/mol. The minimum absolute atomic E-state index is 0.148. The van der Waals surface area contributed by atoms with Crippen LogP contribution in [-0.4, -0.2) is 11.2 Å². The van der Waals surface area contributed by atoms with Crippen molar-refractivity contribution in [1.29, 1.82) is 0 Å². The van der Waals surface area contributed by atoms with Gasteiger partial charge in [0.05, 0.1) is 6.10 Å². The summed E-state index contributed by atoms with van der Waals surface area (Å²) in [7, 11) is 0. The first kappa shape index (κ1) is 14.4. The van der Waals surface area contributed by atoms with E-state index in [1.165, 1.54) is 5.57 Å². The zero-order chi connectivity index (χ0) is 12.1. The summed E-state index contributed by atoms with van der Waals surface area (Å²) in [5.41, 5.74) is 1.45. The molecule has 1 N–H and O–H groups in total. The monoisotopic (exact) mass is 210 g/mol. The Balaban J connectivity index is 4.83. The highest BCUT2D eigenvalue weighted by Gasteiger charge is 2.15. The van der Waals surface area contributed by atoms with Crippen molar-refractivity contribution in [3.8, 4) is 0 Å². The molecule has 1 nitrogen and oxygen atoms in total. The van der Waals surface area contributed by atoms with Gasteiger partial charge in [-0.2, -0.15) is 0 Å². The van der Waals surface area contributed by atoms with Gasteiger partial charge in [-0.25, -0.2) is 0 Å². The van der Waals surface area contributed by atoms with Gasteiger partial charge < -0.3 is 5.11 Å². The van der Waals surface area contributed by atoms with Crippen molar-refractivity contribution < 1.29 is 5.11 Å². The molecule has 0 spiro atoms. The second-order valence-electron chi connectivity index (χ2n) is 5.36. The third-order valence-electron chi connectivity index (χ3n) is 2.53. The average Bonchev–Trinajstić information content (AvgIpc) is 2.09. The van der Waals surface area contributed by atoms with E-state index in [1.54, 1.807) is 6.92 Å². The van der Waals surface area contributed by atoms with Crippen LogP contribution in [0.4, 0.5) is 0 Å². The maximum Gasteiger partial charge on any atom is 0.0695 e. The molecule has 0 saturated heterocycles. The zero-order valence-electron chi connectivity index (χ0n) is 11.0. The highest BCUT2D eigenvalue weighted by molar-refractivity contribution is 5.25. The van der Waals surface area contributed by atoms with Gasteiger partial charge in [0.2, 0.25) is 0 Å². The van der Waals surface area contributed by atoms with Gasteiger partial charge in [0.1, 0.15) is 0 Å². The highest BCUT2D eigenvalue weighted by Crippen LogP contribution is 2.28. The van der Waals surface area contributed by atoms with Crippen molar-refractivity contribution in [2.45, 2.75) is 54.1 Å². The fraction of sp³-hybridized carbons (Fsp3) is 0.714. The molecule has 0 rings (SSSR count).